The monoisotopic (exact) mass is 194 g/mol. The Morgan fingerprint density at radius 2 is 2.00 bits per heavy atom. The lowest BCUT2D eigenvalue weighted by molar-refractivity contribution is 1.14. The Morgan fingerprint density at radius 3 is 2.77 bits per heavy atom. The normalized spacial score (nSPS) is 10.6. The van der Waals surface area contributed by atoms with Crippen LogP contribution in [-0.2, 0) is 0 Å². The van der Waals surface area contributed by atoms with Crippen LogP contribution in [-0.4, -0.2) is 15.0 Å². The fourth-order valence-corrected chi connectivity index (χ4v) is 1.31. The van der Waals surface area contributed by atoms with E-state index in [2.05, 4.69) is 15.0 Å². The van der Waals surface area contributed by atoms with Crippen molar-refractivity contribution in [3.05, 3.63) is 23.0 Å². The van der Waals surface area contributed by atoms with Crippen LogP contribution in [0.25, 0.3) is 11.0 Å². The number of hydrogen-bond donors (Lipinski definition) is 1. The van der Waals surface area contributed by atoms with Crippen LogP contribution in [0.4, 0.5) is 5.95 Å². The highest BCUT2D eigenvalue weighted by molar-refractivity contribution is 6.29. The van der Waals surface area contributed by atoms with Crippen LogP contribution in [0.3, 0.4) is 0 Å². The minimum absolute atomic E-state index is 0.258. The largest absolute Gasteiger partial charge is 0.368 e. The van der Waals surface area contributed by atoms with Gasteiger partial charge in [-0.15, -0.1) is 0 Å². The molecule has 0 radical (unpaired) electrons. The zero-order valence-corrected chi connectivity index (χ0v) is 7.71. The maximum absolute atomic E-state index is 5.73. The topological polar surface area (TPSA) is 64.7 Å². The molecule has 4 nitrogen and oxygen atoms in total. The van der Waals surface area contributed by atoms with Gasteiger partial charge >= 0.3 is 0 Å². The Morgan fingerprint density at radius 1 is 1.23 bits per heavy atom. The van der Waals surface area contributed by atoms with Crippen molar-refractivity contribution in [3.63, 3.8) is 0 Å². The molecule has 0 aromatic carbocycles. The third kappa shape index (κ3) is 1.40. The van der Waals surface area contributed by atoms with Crippen molar-refractivity contribution in [2.24, 2.45) is 0 Å². The first kappa shape index (κ1) is 8.19. The van der Waals surface area contributed by atoms with E-state index >= 15 is 0 Å². The number of anilines is 1. The van der Waals surface area contributed by atoms with E-state index in [0.717, 1.165) is 11.2 Å². The van der Waals surface area contributed by atoms with Crippen molar-refractivity contribution in [3.8, 4) is 0 Å². The lowest BCUT2D eigenvalue weighted by Crippen LogP contribution is -1.98. The van der Waals surface area contributed by atoms with Crippen molar-refractivity contribution in [1.29, 1.82) is 0 Å². The van der Waals surface area contributed by atoms with E-state index in [0.29, 0.717) is 10.7 Å². The van der Waals surface area contributed by atoms with E-state index in [9.17, 15) is 0 Å². The predicted octanol–water partition coefficient (Wildman–Crippen LogP) is 1.57. The van der Waals surface area contributed by atoms with E-state index < -0.39 is 0 Å². The maximum atomic E-state index is 5.73. The van der Waals surface area contributed by atoms with Crippen LogP contribution in [0.15, 0.2) is 12.1 Å². The Labute approximate surface area is 79.8 Å². The summed E-state index contributed by atoms with van der Waals surface area (Å²) in [4.78, 5) is 12.1. The molecule has 0 amide bonds. The van der Waals surface area contributed by atoms with Crippen LogP contribution >= 0.6 is 11.6 Å². The quantitative estimate of drug-likeness (QED) is 0.647. The van der Waals surface area contributed by atoms with E-state index in [4.69, 9.17) is 17.3 Å². The lowest BCUT2D eigenvalue weighted by atomic mass is 10.3. The van der Waals surface area contributed by atoms with Gasteiger partial charge in [-0.05, 0) is 19.1 Å². The number of aryl methyl sites for hydroxylation is 1. The molecule has 0 aliphatic rings. The van der Waals surface area contributed by atoms with Gasteiger partial charge in [-0.3, -0.25) is 0 Å². The zero-order valence-electron chi connectivity index (χ0n) is 6.95. The maximum Gasteiger partial charge on any atom is 0.220 e. The Bertz CT molecular complexity index is 469. The average Bonchev–Trinajstić information content (AvgIpc) is 2.06. The molecule has 2 aromatic heterocycles. The third-order valence-corrected chi connectivity index (χ3v) is 1.91. The molecule has 5 heteroatoms. The van der Waals surface area contributed by atoms with Gasteiger partial charge < -0.3 is 5.73 Å². The highest BCUT2D eigenvalue weighted by Gasteiger charge is 2.03. The first-order chi connectivity index (χ1) is 6.16. The lowest BCUT2D eigenvalue weighted by Gasteiger charge is -2.00. The van der Waals surface area contributed by atoms with Gasteiger partial charge in [0.25, 0.3) is 0 Å². The van der Waals surface area contributed by atoms with E-state index in [-0.39, 0.29) is 5.95 Å². The van der Waals surface area contributed by atoms with Crippen molar-refractivity contribution in [1.82, 2.24) is 15.0 Å². The summed E-state index contributed by atoms with van der Waals surface area (Å²) in [6, 6.07) is 3.45. The number of aromatic nitrogens is 3. The fraction of sp³-hybridized carbons (Fsp3) is 0.125. The van der Waals surface area contributed by atoms with E-state index in [1.807, 2.05) is 6.92 Å². The molecule has 2 N–H and O–H groups in total. The molecule has 0 atom stereocenters. The third-order valence-electron chi connectivity index (χ3n) is 1.70. The SMILES string of the molecule is Cc1nc(N)nc2ccc(Cl)nc12. The molecule has 0 bridgehead atoms. The van der Waals surface area contributed by atoms with Crippen molar-refractivity contribution in [2.45, 2.75) is 6.92 Å². The molecule has 0 unspecified atom stereocenters. The molecule has 13 heavy (non-hydrogen) atoms. The van der Waals surface area contributed by atoms with Gasteiger partial charge in [0.1, 0.15) is 10.7 Å². The summed E-state index contributed by atoms with van der Waals surface area (Å²) in [7, 11) is 0. The highest BCUT2D eigenvalue weighted by atomic mass is 35.5. The molecule has 0 spiro atoms. The summed E-state index contributed by atoms with van der Waals surface area (Å²) in [5.74, 6) is 0.258. The summed E-state index contributed by atoms with van der Waals surface area (Å²) in [5, 5.41) is 0.434. The molecule has 0 aliphatic carbocycles. The average molecular weight is 195 g/mol. The number of nitrogens with zero attached hydrogens (tertiary/aromatic N) is 3. The standard InChI is InChI=1S/C8H7ClN4/c1-4-7-5(12-8(10)11-4)2-3-6(9)13-7/h2-3H,1H3,(H2,10,11,12). The van der Waals surface area contributed by atoms with Crippen LogP contribution in [0.1, 0.15) is 5.69 Å². The van der Waals surface area contributed by atoms with Gasteiger partial charge in [-0.2, -0.15) is 0 Å². The molecule has 0 fully saturated rings. The first-order valence-corrected chi connectivity index (χ1v) is 4.11. The molecule has 2 aromatic rings. The van der Waals surface area contributed by atoms with Gasteiger partial charge in [0.2, 0.25) is 5.95 Å². The number of fused-ring (bicyclic) bond motifs is 1. The second kappa shape index (κ2) is 2.81. The van der Waals surface area contributed by atoms with Gasteiger partial charge in [-0.1, -0.05) is 11.6 Å². The van der Waals surface area contributed by atoms with Crippen molar-refractivity contribution in [2.75, 3.05) is 5.73 Å². The smallest absolute Gasteiger partial charge is 0.220 e. The number of halogens is 1. The second-order valence-corrected chi connectivity index (χ2v) is 3.06. The number of hydrogen-bond acceptors (Lipinski definition) is 4. The van der Waals surface area contributed by atoms with E-state index in [1.54, 1.807) is 12.1 Å². The van der Waals surface area contributed by atoms with Crippen molar-refractivity contribution >= 4 is 28.6 Å². The molecule has 2 heterocycles. The van der Waals surface area contributed by atoms with Crippen molar-refractivity contribution < 1.29 is 0 Å². The molecular formula is C8H7ClN4. The van der Waals surface area contributed by atoms with Crippen LogP contribution in [0.5, 0.6) is 0 Å². The first-order valence-electron chi connectivity index (χ1n) is 3.73. The summed E-state index contributed by atoms with van der Waals surface area (Å²) in [6.45, 7) is 1.82. The fourth-order valence-electron chi connectivity index (χ4n) is 1.16. The minimum Gasteiger partial charge on any atom is -0.368 e. The highest BCUT2D eigenvalue weighted by Crippen LogP contribution is 2.16. The Kier molecular flexibility index (Phi) is 1.77. The summed E-state index contributed by atoms with van der Waals surface area (Å²) < 4.78 is 0. The van der Waals surface area contributed by atoms with Gasteiger partial charge in [0, 0.05) is 0 Å². The second-order valence-electron chi connectivity index (χ2n) is 2.67. The molecule has 66 valence electrons. The summed E-state index contributed by atoms with van der Waals surface area (Å²) >= 11 is 5.73. The van der Waals surface area contributed by atoms with E-state index in [1.165, 1.54) is 0 Å². The molecule has 2 rings (SSSR count). The van der Waals surface area contributed by atoms with Crippen LogP contribution in [0, 0.1) is 6.92 Å². The van der Waals surface area contributed by atoms with Crippen LogP contribution < -0.4 is 5.73 Å². The Balaban J connectivity index is 2.87. The zero-order chi connectivity index (χ0) is 9.42. The summed E-state index contributed by atoms with van der Waals surface area (Å²) in [6.07, 6.45) is 0. The van der Waals surface area contributed by atoms with Gasteiger partial charge in [0.05, 0.1) is 11.2 Å². The predicted molar refractivity (Wildman–Crippen MR) is 51.5 cm³/mol. The number of rotatable bonds is 0. The number of nitrogens with two attached hydrogens (primary N) is 1. The minimum atomic E-state index is 0.258. The molecule has 0 saturated carbocycles. The molecule has 0 aliphatic heterocycles. The molecule has 0 saturated heterocycles. The van der Waals surface area contributed by atoms with Gasteiger partial charge in [0.15, 0.2) is 0 Å². The number of pyridine rings is 1. The van der Waals surface area contributed by atoms with Crippen LogP contribution in [0.2, 0.25) is 5.15 Å². The molecular weight excluding hydrogens is 188 g/mol. The summed E-state index contributed by atoms with van der Waals surface area (Å²) in [5.41, 5.74) is 7.63. The Hall–Kier alpha value is -1.42. The number of nitrogen functional groups attached to an aromatic ring is 1. The van der Waals surface area contributed by atoms with Gasteiger partial charge in [-0.25, -0.2) is 15.0 Å².